The second kappa shape index (κ2) is 8.49. The monoisotopic (exact) mass is 217 g/mol. The zero-order chi connectivity index (χ0) is 11.7. The Morgan fingerprint density at radius 1 is 1.47 bits per heavy atom. The first-order valence-corrected chi connectivity index (χ1v) is 5.50. The first kappa shape index (κ1) is 14.2. The summed E-state index contributed by atoms with van der Waals surface area (Å²) in [5.74, 6) is 0.274. The summed E-state index contributed by atoms with van der Waals surface area (Å²) in [6.45, 7) is 9.11. The summed E-state index contributed by atoms with van der Waals surface area (Å²) in [6.07, 6.45) is 0.829. The third kappa shape index (κ3) is 4.99. The van der Waals surface area contributed by atoms with E-state index in [1.165, 1.54) is 0 Å². The Bertz CT molecular complexity index is 186. The van der Waals surface area contributed by atoms with Crippen molar-refractivity contribution in [3.8, 4) is 0 Å². The lowest BCUT2D eigenvalue weighted by molar-refractivity contribution is 0.107. The summed E-state index contributed by atoms with van der Waals surface area (Å²) in [4.78, 5) is 2.14. The molecule has 1 atom stereocenters. The molecule has 0 fully saturated rings. The smallest absolute Gasteiger partial charge is 0.156 e. The lowest BCUT2D eigenvalue weighted by Gasteiger charge is -2.28. The molecule has 90 valence electrons. The maximum absolute atomic E-state index is 8.66. The number of likely N-dealkylation sites (N-methyl/N-ethyl adjacent to an activating group) is 1. The molecule has 15 heavy (non-hydrogen) atoms. The van der Waals surface area contributed by atoms with Crippen LogP contribution < -0.4 is 5.73 Å². The average molecular weight is 217 g/mol. The summed E-state index contributed by atoms with van der Waals surface area (Å²) in [5.41, 5.74) is 5.63. The summed E-state index contributed by atoms with van der Waals surface area (Å²) in [7, 11) is 0. The first-order chi connectivity index (χ1) is 7.21. The van der Waals surface area contributed by atoms with Crippen molar-refractivity contribution < 1.29 is 9.94 Å². The SMILES string of the molecule is CCOCCN(CC)C(CC)C(N)=NO. The second-order valence-corrected chi connectivity index (χ2v) is 3.27. The highest BCUT2D eigenvalue weighted by Crippen LogP contribution is 2.04. The van der Waals surface area contributed by atoms with Gasteiger partial charge in [-0.25, -0.2) is 0 Å². The molecule has 3 N–H and O–H groups in total. The number of hydrogen-bond donors (Lipinski definition) is 2. The fourth-order valence-electron chi connectivity index (χ4n) is 1.58. The van der Waals surface area contributed by atoms with Crippen molar-refractivity contribution in [1.82, 2.24) is 4.90 Å². The van der Waals surface area contributed by atoms with Gasteiger partial charge in [-0.2, -0.15) is 0 Å². The molecule has 0 saturated heterocycles. The molecule has 0 aromatic rings. The minimum Gasteiger partial charge on any atom is -0.409 e. The van der Waals surface area contributed by atoms with Crippen LogP contribution in [0.15, 0.2) is 5.16 Å². The lowest BCUT2D eigenvalue weighted by atomic mass is 10.1. The normalized spacial score (nSPS) is 14.5. The largest absolute Gasteiger partial charge is 0.409 e. The van der Waals surface area contributed by atoms with Crippen LogP contribution in [0.5, 0.6) is 0 Å². The van der Waals surface area contributed by atoms with Crippen molar-refractivity contribution in [1.29, 1.82) is 0 Å². The maximum atomic E-state index is 8.66. The van der Waals surface area contributed by atoms with E-state index in [0.717, 1.165) is 26.1 Å². The molecule has 0 aromatic heterocycles. The van der Waals surface area contributed by atoms with Gasteiger partial charge in [0.05, 0.1) is 12.6 Å². The number of rotatable bonds is 8. The fraction of sp³-hybridized carbons (Fsp3) is 0.900. The van der Waals surface area contributed by atoms with E-state index in [4.69, 9.17) is 15.7 Å². The van der Waals surface area contributed by atoms with E-state index < -0.39 is 0 Å². The van der Waals surface area contributed by atoms with Crippen molar-refractivity contribution >= 4 is 5.84 Å². The zero-order valence-electron chi connectivity index (χ0n) is 9.94. The van der Waals surface area contributed by atoms with Crippen LogP contribution in [0.25, 0.3) is 0 Å². The molecule has 5 heteroatoms. The van der Waals surface area contributed by atoms with Gasteiger partial charge < -0.3 is 15.7 Å². The average Bonchev–Trinajstić information content (AvgIpc) is 2.27. The van der Waals surface area contributed by atoms with Gasteiger partial charge in [0.15, 0.2) is 5.84 Å². The molecular weight excluding hydrogens is 194 g/mol. The number of nitrogens with two attached hydrogens (primary N) is 1. The third-order valence-corrected chi connectivity index (χ3v) is 2.42. The number of nitrogens with zero attached hydrogens (tertiary/aromatic N) is 2. The van der Waals surface area contributed by atoms with Crippen LogP contribution in [0.4, 0.5) is 0 Å². The van der Waals surface area contributed by atoms with Gasteiger partial charge in [-0.05, 0) is 19.9 Å². The van der Waals surface area contributed by atoms with E-state index in [1.54, 1.807) is 0 Å². The standard InChI is InChI=1S/C10H23N3O2/c1-4-9(10(11)12-14)13(5-2)7-8-15-6-3/h9,14H,4-8H2,1-3H3,(H2,11,12). The van der Waals surface area contributed by atoms with Crippen molar-refractivity contribution in [3.63, 3.8) is 0 Å². The number of oxime groups is 1. The molecule has 0 aliphatic heterocycles. The Labute approximate surface area is 91.9 Å². The van der Waals surface area contributed by atoms with Crippen molar-refractivity contribution in [2.45, 2.75) is 33.2 Å². The van der Waals surface area contributed by atoms with Crippen LogP contribution in [-0.4, -0.2) is 48.3 Å². The van der Waals surface area contributed by atoms with Gasteiger partial charge in [-0.3, -0.25) is 4.90 Å². The molecule has 1 unspecified atom stereocenters. The predicted octanol–water partition coefficient (Wildman–Crippen LogP) is 0.870. The van der Waals surface area contributed by atoms with Gasteiger partial charge in [0.2, 0.25) is 0 Å². The molecule has 0 bridgehead atoms. The quantitative estimate of drug-likeness (QED) is 0.208. The molecule has 0 rings (SSSR count). The topological polar surface area (TPSA) is 71.1 Å². The van der Waals surface area contributed by atoms with Gasteiger partial charge in [0, 0.05) is 13.2 Å². The fourth-order valence-corrected chi connectivity index (χ4v) is 1.58. The van der Waals surface area contributed by atoms with Crippen LogP contribution >= 0.6 is 0 Å². The first-order valence-electron chi connectivity index (χ1n) is 5.50. The maximum Gasteiger partial charge on any atom is 0.156 e. The molecule has 0 aromatic carbocycles. The van der Waals surface area contributed by atoms with Crippen LogP contribution in [0, 0.1) is 0 Å². The summed E-state index contributed by atoms with van der Waals surface area (Å²) in [5, 5.41) is 11.7. The van der Waals surface area contributed by atoms with Crippen LogP contribution in [0.3, 0.4) is 0 Å². The van der Waals surface area contributed by atoms with Crippen LogP contribution in [0.1, 0.15) is 27.2 Å². The van der Waals surface area contributed by atoms with E-state index in [9.17, 15) is 0 Å². The van der Waals surface area contributed by atoms with Crippen LogP contribution in [0.2, 0.25) is 0 Å². The molecule has 5 nitrogen and oxygen atoms in total. The van der Waals surface area contributed by atoms with Crippen molar-refractivity contribution in [2.24, 2.45) is 10.9 Å². The molecular formula is C10H23N3O2. The van der Waals surface area contributed by atoms with Crippen molar-refractivity contribution in [2.75, 3.05) is 26.3 Å². The third-order valence-electron chi connectivity index (χ3n) is 2.42. The number of ether oxygens (including phenoxy) is 1. The van der Waals surface area contributed by atoms with E-state index in [-0.39, 0.29) is 11.9 Å². The molecule has 0 amide bonds. The van der Waals surface area contributed by atoms with E-state index in [1.807, 2.05) is 13.8 Å². The number of hydrogen-bond acceptors (Lipinski definition) is 4. The molecule has 0 radical (unpaired) electrons. The highest BCUT2D eigenvalue weighted by atomic mass is 16.5. The molecule has 0 aliphatic carbocycles. The Balaban J connectivity index is 4.21. The van der Waals surface area contributed by atoms with Crippen LogP contribution in [-0.2, 0) is 4.74 Å². The molecule has 0 heterocycles. The molecule has 0 saturated carbocycles. The highest BCUT2D eigenvalue weighted by molar-refractivity contribution is 5.85. The lowest BCUT2D eigenvalue weighted by Crippen LogP contribution is -2.45. The van der Waals surface area contributed by atoms with Gasteiger partial charge in [-0.15, -0.1) is 0 Å². The summed E-state index contributed by atoms with van der Waals surface area (Å²) < 4.78 is 5.29. The number of amidine groups is 1. The Kier molecular flexibility index (Phi) is 8.04. The Morgan fingerprint density at radius 3 is 2.53 bits per heavy atom. The predicted molar refractivity (Wildman–Crippen MR) is 61.2 cm³/mol. The molecule has 0 spiro atoms. The Morgan fingerprint density at radius 2 is 2.13 bits per heavy atom. The van der Waals surface area contributed by atoms with Gasteiger partial charge >= 0.3 is 0 Å². The van der Waals surface area contributed by atoms with E-state index in [0.29, 0.717) is 6.61 Å². The second-order valence-electron chi connectivity index (χ2n) is 3.27. The van der Waals surface area contributed by atoms with Gasteiger partial charge in [0.1, 0.15) is 0 Å². The Hall–Kier alpha value is -0.810. The summed E-state index contributed by atoms with van der Waals surface area (Å²) in [6, 6.07) is 0.000422. The molecule has 0 aliphatic rings. The summed E-state index contributed by atoms with van der Waals surface area (Å²) >= 11 is 0. The van der Waals surface area contributed by atoms with E-state index >= 15 is 0 Å². The van der Waals surface area contributed by atoms with E-state index in [2.05, 4.69) is 17.0 Å². The minimum absolute atomic E-state index is 0.000422. The van der Waals surface area contributed by atoms with Gasteiger partial charge in [0.25, 0.3) is 0 Å². The minimum atomic E-state index is 0.000422. The van der Waals surface area contributed by atoms with Crippen molar-refractivity contribution in [3.05, 3.63) is 0 Å². The highest BCUT2D eigenvalue weighted by Gasteiger charge is 2.18. The van der Waals surface area contributed by atoms with Gasteiger partial charge in [-0.1, -0.05) is 19.0 Å². The zero-order valence-corrected chi connectivity index (χ0v) is 9.94.